The molecule has 0 spiro atoms. The summed E-state index contributed by atoms with van der Waals surface area (Å²) in [5, 5.41) is 6.06. The van der Waals surface area contributed by atoms with Gasteiger partial charge in [0, 0.05) is 0 Å². The van der Waals surface area contributed by atoms with Crippen LogP contribution in [-0.2, 0) is 4.74 Å². The Kier molecular flexibility index (Phi) is 3.61. The van der Waals surface area contributed by atoms with Crippen molar-refractivity contribution in [1.82, 2.24) is 15.2 Å². The second-order valence-corrected chi connectivity index (χ2v) is 4.51. The predicted molar refractivity (Wildman–Crippen MR) is 62.2 cm³/mol. The highest BCUT2D eigenvalue weighted by atomic mass is 16.5. The molecular formula is C11H18N4O2. The third-order valence-electron chi connectivity index (χ3n) is 3.28. The van der Waals surface area contributed by atoms with Crippen molar-refractivity contribution < 1.29 is 9.53 Å². The molecule has 0 aromatic carbocycles. The van der Waals surface area contributed by atoms with Crippen LogP contribution in [0.1, 0.15) is 49.6 Å². The van der Waals surface area contributed by atoms with Crippen LogP contribution in [0.3, 0.4) is 0 Å². The number of hydrogen-bond donors (Lipinski definition) is 2. The summed E-state index contributed by atoms with van der Waals surface area (Å²) >= 11 is 0. The van der Waals surface area contributed by atoms with Gasteiger partial charge in [-0.05, 0) is 25.2 Å². The van der Waals surface area contributed by atoms with Crippen molar-refractivity contribution in [3.63, 3.8) is 0 Å². The molecule has 94 valence electrons. The van der Waals surface area contributed by atoms with Crippen molar-refractivity contribution in [3.8, 4) is 0 Å². The lowest BCUT2D eigenvalue weighted by Gasteiger charge is -2.27. The smallest absolute Gasteiger partial charge is 0.376 e. The molecule has 1 aromatic heterocycles. The highest BCUT2D eigenvalue weighted by Gasteiger charge is 2.25. The fourth-order valence-electron chi connectivity index (χ4n) is 2.29. The first-order chi connectivity index (χ1) is 8.19. The van der Waals surface area contributed by atoms with Crippen molar-refractivity contribution in [3.05, 3.63) is 5.82 Å². The van der Waals surface area contributed by atoms with Gasteiger partial charge in [-0.25, -0.2) is 4.79 Å². The number of carbonyl (C=O) groups is 1. The van der Waals surface area contributed by atoms with Gasteiger partial charge in [0.2, 0.25) is 11.8 Å². The molecule has 2 atom stereocenters. The van der Waals surface area contributed by atoms with E-state index in [1.165, 1.54) is 6.42 Å². The average molecular weight is 238 g/mol. The van der Waals surface area contributed by atoms with E-state index in [0.717, 1.165) is 25.7 Å². The predicted octanol–water partition coefficient (Wildman–Crippen LogP) is 1.51. The number of rotatable bonds is 3. The topological polar surface area (TPSA) is 93.9 Å². The molecule has 1 aliphatic carbocycles. The SMILES string of the molecule is CCC1CCCC(OC(=O)c2nc(N)n[nH]2)C1. The molecule has 0 radical (unpaired) electrons. The minimum absolute atomic E-state index is 0.00697. The maximum atomic E-state index is 11.7. The highest BCUT2D eigenvalue weighted by Crippen LogP contribution is 2.28. The zero-order chi connectivity index (χ0) is 12.3. The van der Waals surface area contributed by atoms with E-state index < -0.39 is 5.97 Å². The number of nitrogens with two attached hydrogens (primary N) is 1. The van der Waals surface area contributed by atoms with Gasteiger partial charge in [0.15, 0.2) is 0 Å². The standard InChI is InChI=1S/C11H18N4O2/c1-2-7-4-3-5-8(6-7)17-10(16)9-13-11(12)15-14-9/h7-8H,2-6H2,1H3,(H3,12,13,14,15). The van der Waals surface area contributed by atoms with Gasteiger partial charge in [0.25, 0.3) is 0 Å². The number of anilines is 1. The van der Waals surface area contributed by atoms with Crippen LogP contribution in [0.5, 0.6) is 0 Å². The summed E-state index contributed by atoms with van der Waals surface area (Å²) < 4.78 is 5.39. The number of hydrogen-bond acceptors (Lipinski definition) is 5. The third kappa shape index (κ3) is 2.95. The van der Waals surface area contributed by atoms with E-state index in [1.807, 2.05) is 0 Å². The molecule has 0 amide bonds. The summed E-state index contributed by atoms with van der Waals surface area (Å²) in [6, 6.07) is 0. The number of nitrogens with zero attached hydrogens (tertiary/aromatic N) is 2. The number of esters is 1. The van der Waals surface area contributed by atoms with Crippen LogP contribution in [0.4, 0.5) is 5.95 Å². The molecule has 17 heavy (non-hydrogen) atoms. The van der Waals surface area contributed by atoms with Crippen molar-refractivity contribution in [2.75, 3.05) is 5.73 Å². The molecule has 3 N–H and O–H groups in total. The summed E-state index contributed by atoms with van der Waals surface area (Å²) in [7, 11) is 0. The van der Waals surface area contributed by atoms with E-state index in [1.54, 1.807) is 0 Å². The van der Waals surface area contributed by atoms with Crippen LogP contribution in [0.25, 0.3) is 0 Å². The molecule has 1 aliphatic rings. The zero-order valence-electron chi connectivity index (χ0n) is 9.98. The molecule has 1 heterocycles. The molecule has 1 fully saturated rings. The Labute approximate surface area is 99.9 Å². The van der Waals surface area contributed by atoms with Crippen LogP contribution in [-0.4, -0.2) is 27.3 Å². The molecule has 2 rings (SSSR count). The third-order valence-corrected chi connectivity index (χ3v) is 3.28. The van der Waals surface area contributed by atoms with E-state index >= 15 is 0 Å². The van der Waals surface area contributed by atoms with Gasteiger partial charge in [-0.1, -0.05) is 19.8 Å². The lowest BCUT2D eigenvalue weighted by Crippen LogP contribution is -2.25. The molecule has 0 aliphatic heterocycles. The van der Waals surface area contributed by atoms with Crippen LogP contribution < -0.4 is 5.73 Å². The summed E-state index contributed by atoms with van der Waals surface area (Å²) in [6.07, 6.45) is 5.39. The van der Waals surface area contributed by atoms with Gasteiger partial charge in [-0.2, -0.15) is 4.98 Å². The summed E-state index contributed by atoms with van der Waals surface area (Å²) in [5.41, 5.74) is 5.33. The number of nitrogens with one attached hydrogen (secondary N) is 1. The summed E-state index contributed by atoms with van der Waals surface area (Å²) in [6.45, 7) is 2.17. The lowest BCUT2D eigenvalue weighted by molar-refractivity contribution is 0.0127. The first kappa shape index (κ1) is 11.9. The quantitative estimate of drug-likeness (QED) is 0.778. The molecule has 6 heteroatoms. The molecular weight excluding hydrogens is 220 g/mol. The second-order valence-electron chi connectivity index (χ2n) is 4.51. The number of nitrogen functional groups attached to an aromatic ring is 1. The minimum atomic E-state index is -0.462. The fraction of sp³-hybridized carbons (Fsp3) is 0.727. The Morgan fingerprint density at radius 2 is 2.41 bits per heavy atom. The van der Waals surface area contributed by atoms with Gasteiger partial charge in [-0.3, -0.25) is 5.10 Å². The molecule has 0 saturated heterocycles. The number of ether oxygens (including phenoxy) is 1. The average Bonchev–Trinajstić information content (AvgIpc) is 2.76. The van der Waals surface area contributed by atoms with Gasteiger partial charge >= 0.3 is 5.97 Å². The van der Waals surface area contributed by atoms with Crippen molar-refractivity contribution in [1.29, 1.82) is 0 Å². The fourth-order valence-corrected chi connectivity index (χ4v) is 2.29. The van der Waals surface area contributed by atoms with Crippen molar-refractivity contribution >= 4 is 11.9 Å². The lowest BCUT2D eigenvalue weighted by atomic mass is 9.85. The number of aromatic nitrogens is 3. The highest BCUT2D eigenvalue weighted by molar-refractivity contribution is 5.85. The second kappa shape index (κ2) is 5.16. The molecule has 2 unspecified atom stereocenters. The molecule has 6 nitrogen and oxygen atoms in total. The van der Waals surface area contributed by atoms with Gasteiger partial charge in [0.05, 0.1) is 0 Å². The Morgan fingerprint density at radius 3 is 3.06 bits per heavy atom. The summed E-state index contributed by atoms with van der Waals surface area (Å²) in [5.74, 6) is 0.352. The normalized spacial score (nSPS) is 24.5. The maximum Gasteiger partial charge on any atom is 0.376 e. The van der Waals surface area contributed by atoms with E-state index in [2.05, 4.69) is 22.1 Å². The Hall–Kier alpha value is -1.59. The van der Waals surface area contributed by atoms with Gasteiger partial charge in [0.1, 0.15) is 6.10 Å². The van der Waals surface area contributed by atoms with Crippen LogP contribution in [0.2, 0.25) is 0 Å². The Bertz CT molecular complexity index is 391. The van der Waals surface area contributed by atoms with Crippen molar-refractivity contribution in [2.24, 2.45) is 5.92 Å². The summed E-state index contributed by atoms with van der Waals surface area (Å²) in [4.78, 5) is 15.5. The minimum Gasteiger partial charge on any atom is -0.456 e. The van der Waals surface area contributed by atoms with Crippen molar-refractivity contribution in [2.45, 2.75) is 45.1 Å². The number of carbonyl (C=O) groups excluding carboxylic acids is 1. The monoisotopic (exact) mass is 238 g/mol. The van der Waals surface area contributed by atoms with E-state index in [4.69, 9.17) is 10.5 Å². The molecule has 1 saturated carbocycles. The number of H-pyrrole nitrogens is 1. The van der Waals surface area contributed by atoms with Crippen LogP contribution >= 0.6 is 0 Å². The largest absolute Gasteiger partial charge is 0.456 e. The van der Waals surface area contributed by atoms with Gasteiger partial charge in [-0.15, -0.1) is 5.10 Å². The first-order valence-corrected chi connectivity index (χ1v) is 6.08. The van der Waals surface area contributed by atoms with Gasteiger partial charge < -0.3 is 10.5 Å². The molecule has 0 bridgehead atoms. The zero-order valence-corrected chi connectivity index (χ0v) is 9.98. The van der Waals surface area contributed by atoms with E-state index in [9.17, 15) is 4.79 Å². The maximum absolute atomic E-state index is 11.7. The Balaban J connectivity index is 1.90. The number of aromatic amines is 1. The van der Waals surface area contributed by atoms with Crippen LogP contribution in [0, 0.1) is 5.92 Å². The Morgan fingerprint density at radius 1 is 1.59 bits per heavy atom. The first-order valence-electron chi connectivity index (χ1n) is 6.08. The van der Waals surface area contributed by atoms with Crippen LogP contribution in [0.15, 0.2) is 0 Å². The van der Waals surface area contributed by atoms with E-state index in [0.29, 0.717) is 5.92 Å². The molecule has 1 aromatic rings. The van der Waals surface area contributed by atoms with E-state index in [-0.39, 0.29) is 17.9 Å².